The Bertz CT molecular complexity index is 563. The smallest absolute Gasteiger partial charge is 0.226 e. The van der Waals surface area contributed by atoms with Crippen molar-refractivity contribution in [3.63, 3.8) is 0 Å². The molecule has 0 bridgehead atoms. The molecule has 1 aromatic rings. The first kappa shape index (κ1) is 18.3. The summed E-state index contributed by atoms with van der Waals surface area (Å²) in [6.07, 6.45) is 2.61. The lowest BCUT2D eigenvalue weighted by atomic mass is 10.0. The molecule has 0 radical (unpaired) electrons. The molecule has 5 heteroatoms. The summed E-state index contributed by atoms with van der Waals surface area (Å²) < 4.78 is 5.20. The largest absolute Gasteiger partial charge is 0.497 e. The second-order valence-corrected chi connectivity index (χ2v) is 6.85. The maximum absolute atomic E-state index is 12.4. The molecule has 1 aliphatic rings. The summed E-state index contributed by atoms with van der Waals surface area (Å²) in [6, 6.07) is 7.81. The number of amides is 2. The minimum absolute atomic E-state index is 0.117. The van der Waals surface area contributed by atoms with Crippen LogP contribution in [0.15, 0.2) is 24.3 Å². The Morgan fingerprint density at radius 1 is 1.29 bits per heavy atom. The van der Waals surface area contributed by atoms with Gasteiger partial charge in [0, 0.05) is 25.6 Å². The van der Waals surface area contributed by atoms with E-state index in [0.29, 0.717) is 31.8 Å². The van der Waals surface area contributed by atoms with Crippen LogP contribution in [0.4, 0.5) is 0 Å². The lowest BCUT2D eigenvalue weighted by Crippen LogP contribution is -2.47. The molecule has 1 heterocycles. The molecule has 1 N–H and O–H groups in total. The van der Waals surface area contributed by atoms with Crippen LogP contribution >= 0.6 is 0 Å². The van der Waals surface area contributed by atoms with Crippen LogP contribution in [0, 0.1) is 5.92 Å². The van der Waals surface area contributed by atoms with Crippen LogP contribution in [0.3, 0.4) is 0 Å². The fraction of sp³-hybridized carbons (Fsp3) is 0.579. The molecule has 24 heavy (non-hydrogen) atoms. The molecule has 1 aromatic carbocycles. The third kappa shape index (κ3) is 5.55. The molecule has 2 rings (SSSR count). The van der Waals surface area contributed by atoms with Crippen LogP contribution in [-0.4, -0.2) is 43.0 Å². The lowest BCUT2D eigenvalue weighted by Gasteiger charge is -2.32. The Balaban J connectivity index is 1.79. The van der Waals surface area contributed by atoms with Crippen molar-refractivity contribution in [3.05, 3.63) is 29.8 Å². The Kier molecular flexibility index (Phi) is 6.64. The van der Waals surface area contributed by atoms with E-state index in [-0.39, 0.29) is 17.9 Å². The quantitative estimate of drug-likeness (QED) is 0.870. The Hall–Kier alpha value is -2.04. The van der Waals surface area contributed by atoms with E-state index in [9.17, 15) is 9.59 Å². The molecule has 0 aliphatic carbocycles. The van der Waals surface area contributed by atoms with Crippen LogP contribution < -0.4 is 10.1 Å². The van der Waals surface area contributed by atoms with E-state index in [1.54, 1.807) is 7.11 Å². The van der Waals surface area contributed by atoms with Crippen molar-refractivity contribution in [2.75, 3.05) is 20.2 Å². The van der Waals surface area contributed by atoms with Gasteiger partial charge in [0.2, 0.25) is 11.8 Å². The molecule has 0 spiro atoms. The van der Waals surface area contributed by atoms with E-state index in [1.807, 2.05) is 43.0 Å². The molecule has 2 amide bonds. The summed E-state index contributed by atoms with van der Waals surface area (Å²) in [5, 5.41) is 3.08. The summed E-state index contributed by atoms with van der Waals surface area (Å²) >= 11 is 0. The van der Waals surface area contributed by atoms with Crippen LogP contribution in [0.5, 0.6) is 5.75 Å². The normalized spacial score (nSPS) is 15.4. The van der Waals surface area contributed by atoms with E-state index in [4.69, 9.17) is 4.74 Å². The van der Waals surface area contributed by atoms with Crippen LogP contribution in [-0.2, 0) is 16.0 Å². The zero-order valence-electron chi connectivity index (χ0n) is 14.9. The number of methoxy groups -OCH3 is 1. The zero-order chi connectivity index (χ0) is 17.5. The molecule has 1 aliphatic heterocycles. The average Bonchev–Trinajstić information content (AvgIpc) is 2.54. The fourth-order valence-electron chi connectivity index (χ4n) is 3.00. The lowest BCUT2D eigenvalue weighted by molar-refractivity contribution is -0.131. The van der Waals surface area contributed by atoms with Crippen LogP contribution in [0.1, 0.15) is 38.7 Å². The first-order chi connectivity index (χ1) is 11.5. The molecule has 1 saturated heterocycles. The predicted molar refractivity (Wildman–Crippen MR) is 93.9 cm³/mol. The Morgan fingerprint density at radius 2 is 2.00 bits per heavy atom. The van der Waals surface area contributed by atoms with Gasteiger partial charge in [0.1, 0.15) is 5.75 Å². The number of carbonyl (C=O) groups excluding carboxylic acids is 2. The SMILES string of the molecule is COc1cccc(CC(=O)N2CCC(NC(=O)CC(C)C)CC2)c1. The number of hydrogen-bond donors (Lipinski definition) is 1. The molecule has 1 fully saturated rings. The van der Waals surface area contributed by atoms with Crippen molar-refractivity contribution < 1.29 is 14.3 Å². The van der Waals surface area contributed by atoms with Gasteiger partial charge in [-0.25, -0.2) is 0 Å². The number of hydrogen-bond acceptors (Lipinski definition) is 3. The number of likely N-dealkylation sites (tertiary alicyclic amines) is 1. The summed E-state index contributed by atoms with van der Waals surface area (Å²) in [7, 11) is 1.62. The summed E-state index contributed by atoms with van der Waals surface area (Å²) in [4.78, 5) is 26.2. The van der Waals surface area contributed by atoms with E-state index in [0.717, 1.165) is 24.2 Å². The van der Waals surface area contributed by atoms with Crippen molar-refractivity contribution in [1.82, 2.24) is 10.2 Å². The molecule has 0 aromatic heterocycles. The molecule has 0 saturated carbocycles. The van der Waals surface area contributed by atoms with Gasteiger partial charge in [0.05, 0.1) is 13.5 Å². The van der Waals surface area contributed by atoms with Gasteiger partial charge < -0.3 is 15.0 Å². The predicted octanol–water partition coefficient (Wildman–Crippen LogP) is 2.39. The number of carbonyl (C=O) groups is 2. The van der Waals surface area contributed by atoms with E-state index in [2.05, 4.69) is 5.32 Å². The summed E-state index contributed by atoms with van der Waals surface area (Å²) in [6.45, 7) is 5.49. The van der Waals surface area contributed by atoms with Gasteiger partial charge in [0.15, 0.2) is 0 Å². The summed E-state index contributed by atoms with van der Waals surface area (Å²) in [5.74, 6) is 1.39. The maximum atomic E-state index is 12.4. The first-order valence-electron chi connectivity index (χ1n) is 8.68. The van der Waals surface area contributed by atoms with Crippen LogP contribution in [0.2, 0.25) is 0 Å². The van der Waals surface area contributed by atoms with Crippen LogP contribution in [0.25, 0.3) is 0 Å². The highest BCUT2D eigenvalue weighted by molar-refractivity contribution is 5.79. The van der Waals surface area contributed by atoms with Crippen molar-refractivity contribution in [1.29, 1.82) is 0 Å². The van der Waals surface area contributed by atoms with Crippen molar-refractivity contribution in [3.8, 4) is 5.75 Å². The molecule has 132 valence electrons. The minimum Gasteiger partial charge on any atom is -0.497 e. The fourth-order valence-corrected chi connectivity index (χ4v) is 3.00. The monoisotopic (exact) mass is 332 g/mol. The van der Waals surface area contributed by atoms with Gasteiger partial charge in [-0.2, -0.15) is 0 Å². The second kappa shape index (κ2) is 8.71. The Morgan fingerprint density at radius 3 is 2.62 bits per heavy atom. The Labute approximate surface area is 144 Å². The topological polar surface area (TPSA) is 58.6 Å². The molecule has 0 atom stereocenters. The van der Waals surface area contributed by atoms with Gasteiger partial charge >= 0.3 is 0 Å². The first-order valence-corrected chi connectivity index (χ1v) is 8.68. The number of piperidine rings is 1. The van der Waals surface area contributed by atoms with E-state index < -0.39 is 0 Å². The standard InChI is InChI=1S/C19H28N2O3/c1-14(2)11-18(22)20-16-7-9-21(10-8-16)19(23)13-15-5-4-6-17(12-15)24-3/h4-6,12,14,16H,7-11,13H2,1-3H3,(H,20,22). The van der Waals surface area contributed by atoms with Crippen molar-refractivity contribution in [2.24, 2.45) is 5.92 Å². The molecule has 0 unspecified atom stereocenters. The number of rotatable bonds is 6. The van der Waals surface area contributed by atoms with Gasteiger partial charge in [0.25, 0.3) is 0 Å². The van der Waals surface area contributed by atoms with Gasteiger partial charge in [-0.05, 0) is 36.5 Å². The van der Waals surface area contributed by atoms with Gasteiger partial charge in [-0.1, -0.05) is 26.0 Å². The highest BCUT2D eigenvalue weighted by Gasteiger charge is 2.24. The molecular formula is C19H28N2O3. The number of ether oxygens (including phenoxy) is 1. The third-order valence-corrected chi connectivity index (χ3v) is 4.30. The average molecular weight is 332 g/mol. The number of nitrogens with one attached hydrogen (secondary N) is 1. The van der Waals surface area contributed by atoms with Gasteiger partial charge in [-0.15, -0.1) is 0 Å². The maximum Gasteiger partial charge on any atom is 0.226 e. The number of benzene rings is 1. The highest BCUT2D eigenvalue weighted by Crippen LogP contribution is 2.16. The molecular weight excluding hydrogens is 304 g/mol. The van der Waals surface area contributed by atoms with Gasteiger partial charge in [-0.3, -0.25) is 9.59 Å². The minimum atomic E-state index is 0.117. The molecule has 5 nitrogen and oxygen atoms in total. The zero-order valence-corrected chi connectivity index (χ0v) is 14.9. The second-order valence-electron chi connectivity index (χ2n) is 6.85. The third-order valence-electron chi connectivity index (χ3n) is 4.30. The van der Waals surface area contributed by atoms with E-state index in [1.165, 1.54) is 0 Å². The summed E-state index contributed by atoms with van der Waals surface area (Å²) in [5.41, 5.74) is 0.965. The number of nitrogens with zero attached hydrogens (tertiary/aromatic N) is 1. The van der Waals surface area contributed by atoms with Crippen molar-refractivity contribution >= 4 is 11.8 Å². The van der Waals surface area contributed by atoms with Crippen molar-refractivity contribution in [2.45, 2.75) is 45.6 Å². The van der Waals surface area contributed by atoms with E-state index >= 15 is 0 Å². The highest BCUT2D eigenvalue weighted by atomic mass is 16.5.